The van der Waals surface area contributed by atoms with E-state index in [-0.39, 0.29) is 23.8 Å². The molecule has 0 aliphatic rings. The van der Waals surface area contributed by atoms with Crippen LogP contribution in [0.5, 0.6) is 0 Å². The van der Waals surface area contributed by atoms with E-state index in [2.05, 4.69) is 0 Å². The lowest BCUT2D eigenvalue weighted by Gasteiger charge is -2.29. The molecule has 0 aliphatic carbocycles. The van der Waals surface area contributed by atoms with Crippen LogP contribution in [0, 0.1) is 5.92 Å². The summed E-state index contributed by atoms with van der Waals surface area (Å²) in [5.74, 6) is -1.31. The molecule has 1 rings (SSSR count). The summed E-state index contributed by atoms with van der Waals surface area (Å²) in [6, 6.07) is 1.32. The second kappa shape index (κ2) is 4.67. The Morgan fingerprint density at radius 2 is 2.25 bits per heavy atom. The molecule has 1 unspecified atom stereocenters. The molecule has 0 radical (unpaired) electrons. The zero-order valence-corrected chi connectivity index (χ0v) is 9.56. The Labute approximate surface area is 93.6 Å². The summed E-state index contributed by atoms with van der Waals surface area (Å²) < 4.78 is 10.0. The lowest BCUT2D eigenvalue weighted by Crippen LogP contribution is -2.37. The molecule has 0 spiro atoms. The Hall–Kier alpha value is -1.33. The van der Waals surface area contributed by atoms with Crippen LogP contribution in [0.15, 0.2) is 16.7 Å². The van der Waals surface area contributed by atoms with Crippen LogP contribution in [0.2, 0.25) is 0 Å². The number of carbonyl (C=O) groups is 1. The third-order valence-corrected chi connectivity index (χ3v) is 2.61. The van der Waals surface area contributed by atoms with Crippen molar-refractivity contribution < 1.29 is 24.2 Å². The van der Waals surface area contributed by atoms with Gasteiger partial charge in [0.25, 0.3) is 0 Å². The van der Waals surface area contributed by atoms with Gasteiger partial charge in [0.1, 0.15) is 11.2 Å². The fourth-order valence-electron chi connectivity index (χ4n) is 1.53. The highest BCUT2D eigenvalue weighted by Crippen LogP contribution is 2.33. The van der Waals surface area contributed by atoms with Crippen LogP contribution in [0.3, 0.4) is 0 Å². The van der Waals surface area contributed by atoms with E-state index in [9.17, 15) is 9.90 Å². The SMILES string of the molecule is COCC(O)(c1occc1C(=O)O)C(C)C. The zero-order valence-electron chi connectivity index (χ0n) is 9.56. The average Bonchev–Trinajstić information content (AvgIpc) is 2.66. The van der Waals surface area contributed by atoms with Crippen molar-refractivity contribution >= 4 is 5.97 Å². The molecule has 1 aromatic rings. The maximum Gasteiger partial charge on any atom is 0.339 e. The molecule has 1 heterocycles. The summed E-state index contributed by atoms with van der Waals surface area (Å²) >= 11 is 0. The summed E-state index contributed by atoms with van der Waals surface area (Å²) in [5.41, 5.74) is -1.46. The van der Waals surface area contributed by atoms with Crippen LogP contribution in [0.4, 0.5) is 0 Å². The summed E-state index contributed by atoms with van der Waals surface area (Å²) in [6.45, 7) is 3.53. The molecule has 5 nitrogen and oxygen atoms in total. The van der Waals surface area contributed by atoms with Crippen LogP contribution in [-0.2, 0) is 10.3 Å². The van der Waals surface area contributed by atoms with E-state index in [0.29, 0.717) is 0 Å². The fraction of sp³-hybridized carbons (Fsp3) is 0.545. The number of hydrogen-bond acceptors (Lipinski definition) is 4. The summed E-state index contributed by atoms with van der Waals surface area (Å²) in [5, 5.41) is 19.4. The number of carboxylic acids is 1. The largest absolute Gasteiger partial charge is 0.478 e. The number of aromatic carboxylic acids is 1. The first-order valence-electron chi connectivity index (χ1n) is 4.96. The summed E-state index contributed by atoms with van der Waals surface area (Å²) in [4.78, 5) is 10.9. The average molecular weight is 228 g/mol. The van der Waals surface area contributed by atoms with Crippen molar-refractivity contribution in [3.8, 4) is 0 Å². The summed E-state index contributed by atoms with van der Waals surface area (Å²) in [7, 11) is 1.44. The van der Waals surface area contributed by atoms with Crippen LogP contribution in [0.1, 0.15) is 30.0 Å². The molecular weight excluding hydrogens is 212 g/mol. The predicted octanol–water partition coefficient (Wildman–Crippen LogP) is 1.47. The van der Waals surface area contributed by atoms with Gasteiger partial charge in [-0.25, -0.2) is 4.79 Å². The van der Waals surface area contributed by atoms with E-state index >= 15 is 0 Å². The van der Waals surface area contributed by atoms with E-state index in [4.69, 9.17) is 14.3 Å². The zero-order chi connectivity index (χ0) is 12.3. The second-order valence-corrected chi connectivity index (χ2v) is 3.98. The van der Waals surface area contributed by atoms with Crippen molar-refractivity contribution in [2.75, 3.05) is 13.7 Å². The van der Waals surface area contributed by atoms with Crippen molar-refractivity contribution in [1.29, 1.82) is 0 Å². The van der Waals surface area contributed by atoms with Crippen molar-refractivity contribution in [3.63, 3.8) is 0 Å². The van der Waals surface area contributed by atoms with E-state index in [1.807, 2.05) is 0 Å². The van der Waals surface area contributed by atoms with Crippen LogP contribution < -0.4 is 0 Å². The number of methoxy groups -OCH3 is 1. The van der Waals surface area contributed by atoms with Gasteiger partial charge in [-0.1, -0.05) is 13.8 Å². The molecule has 0 aromatic carbocycles. The number of aliphatic hydroxyl groups is 1. The molecule has 0 saturated heterocycles. The summed E-state index contributed by atoms with van der Waals surface area (Å²) in [6.07, 6.45) is 1.25. The van der Waals surface area contributed by atoms with Gasteiger partial charge in [0, 0.05) is 7.11 Å². The Kier molecular flexibility index (Phi) is 3.72. The van der Waals surface area contributed by atoms with Crippen LogP contribution in [0.25, 0.3) is 0 Å². The number of carboxylic acid groups (broad SMARTS) is 1. The number of ether oxygens (including phenoxy) is 1. The molecular formula is C11H16O5. The minimum absolute atomic E-state index is 0.0154. The van der Waals surface area contributed by atoms with Gasteiger partial charge in [-0.15, -0.1) is 0 Å². The van der Waals surface area contributed by atoms with E-state index < -0.39 is 11.6 Å². The van der Waals surface area contributed by atoms with Crippen molar-refractivity contribution in [3.05, 3.63) is 23.7 Å². The Balaban J connectivity index is 3.21. The lowest BCUT2D eigenvalue weighted by atomic mass is 9.86. The quantitative estimate of drug-likeness (QED) is 0.797. The monoisotopic (exact) mass is 228 g/mol. The first-order chi connectivity index (χ1) is 7.43. The number of rotatable bonds is 5. The third kappa shape index (κ3) is 2.10. The molecule has 0 bridgehead atoms. The first-order valence-corrected chi connectivity index (χ1v) is 4.96. The Bertz CT molecular complexity index is 368. The Morgan fingerprint density at radius 1 is 1.62 bits per heavy atom. The van der Waals surface area contributed by atoms with Gasteiger partial charge >= 0.3 is 5.97 Å². The van der Waals surface area contributed by atoms with E-state index in [1.165, 1.54) is 19.4 Å². The van der Waals surface area contributed by atoms with Crippen LogP contribution >= 0.6 is 0 Å². The molecule has 0 saturated carbocycles. The highest BCUT2D eigenvalue weighted by molar-refractivity contribution is 5.89. The van der Waals surface area contributed by atoms with Gasteiger partial charge in [-0.2, -0.15) is 0 Å². The topological polar surface area (TPSA) is 79.9 Å². The van der Waals surface area contributed by atoms with Gasteiger partial charge in [-0.05, 0) is 12.0 Å². The Morgan fingerprint density at radius 3 is 2.69 bits per heavy atom. The minimum atomic E-state index is -1.42. The molecule has 1 atom stereocenters. The third-order valence-electron chi connectivity index (χ3n) is 2.61. The van der Waals surface area contributed by atoms with Crippen molar-refractivity contribution in [2.24, 2.45) is 5.92 Å². The van der Waals surface area contributed by atoms with E-state index in [1.54, 1.807) is 13.8 Å². The molecule has 90 valence electrons. The molecule has 1 aromatic heterocycles. The van der Waals surface area contributed by atoms with Gasteiger partial charge in [0.15, 0.2) is 5.76 Å². The molecule has 0 fully saturated rings. The highest BCUT2D eigenvalue weighted by Gasteiger charge is 2.39. The molecule has 0 amide bonds. The molecule has 16 heavy (non-hydrogen) atoms. The molecule has 0 aliphatic heterocycles. The normalized spacial score (nSPS) is 15.1. The van der Waals surface area contributed by atoms with E-state index in [0.717, 1.165) is 0 Å². The molecule has 5 heteroatoms. The first kappa shape index (κ1) is 12.7. The van der Waals surface area contributed by atoms with Gasteiger partial charge in [0.2, 0.25) is 0 Å². The smallest absolute Gasteiger partial charge is 0.339 e. The van der Waals surface area contributed by atoms with Crippen LogP contribution in [-0.4, -0.2) is 29.9 Å². The lowest BCUT2D eigenvalue weighted by molar-refractivity contribution is -0.0847. The highest BCUT2D eigenvalue weighted by atomic mass is 16.5. The fourth-order valence-corrected chi connectivity index (χ4v) is 1.53. The predicted molar refractivity (Wildman–Crippen MR) is 56.3 cm³/mol. The number of hydrogen-bond donors (Lipinski definition) is 2. The van der Waals surface area contributed by atoms with Crippen molar-refractivity contribution in [1.82, 2.24) is 0 Å². The number of furan rings is 1. The standard InChI is InChI=1S/C11H16O5/c1-7(2)11(14,6-15-3)9-8(10(12)13)4-5-16-9/h4-5,7,14H,6H2,1-3H3,(H,12,13). The maximum absolute atomic E-state index is 10.9. The van der Waals surface area contributed by atoms with Crippen molar-refractivity contribution in [2.45, 2.75) is 19.4 Å². The molecule has 2 N–H and O–H groups in total. The maximum atomic E-state index is 10.9. The second-order valence-electron chi connectivity index (χ2n) is 3.98. The van der Waals surface area contributed by atoms with Gasteiger partial charge in [0.05, 0.1) is 12.9 Å². The van der Waals surface area contributed by atoms with Gasteiger partial charge < -0.3 is 19.4 Å². The minimum Gasteiger partial charge on any atom is -0.478 e. The van der Waals surface area contributed by atoms with Gasteiger partial charge in [-0.3, -0.25) is 0 Å².